The molecule has 0 spiro atoms. The molecular weight excluding hydrogens is 290 g/mol. The minimum absolute atomic E-state index is 0.128. The number of nitrogens with one attached hydrogen (secondary N) is 1. The average Bonchev–Trinajstić information content (AvgIpc) is 2.87. The van der Waals surface area contributed by atoms with Gasteiger partial charge in [-0.05, 0) is 49.0 Å². The standard InChI is InChI=1S/C16H20ClNOS/c1-3-9-18-15(16-14(17)8-10-20-16)12-6-5-7-13(11-12)19-4-2/h5-8,10-11,15,18H,3-4,9H2,1-2H3. The number of benzene rings is 1. The lowest BCUT2D eigenvalue weighted by Gasteiger charge is -2.19. The molecule has 0 amide bonds. The Morgan fingerprint density at radius 2 is 2.15 bits per heavy atom. The molecule has 0 bridgehead atoms. The van der Waals surface area contributed by atoms with Crippen LogP contribution in [-0.2, 0) is 0 Å². The molecule has 4 heteroatoms. The van der Waals surface area contributed by atoms with Gasteiger partial charge < -0.3 is 10.1 Å². The quantitative estimate of drug-likeness (QED) is 0.786. The minimum atomic E-state index is 0.128. The summed E-state index contributed by atoms with van der Waals surface area (Å²) in [5.74, 6) is 0.904. The van der Waals surface area contributed by atoms with Gasteiger partial charge >= 0.3 is 0 Å². The largest absolute Gasteiger partial charge is 0.494 e. The number of thiophene rings is 1. The van der Waals surface area contributed by atoms with Gasteiger partial charge in [-0.3, -0.25) is 0 Å². The lowest BCUT2D eigenvalue weighted by Crippen LogP contribution is -2.22. The van der Waals surface area contributed by atoms with Gasteiger partial charge in [0.25, 0.3) is 0 Å². The van der Waals surface area contributed by atoms with E-state index < -0.39 is 0 Å². The zero-order valence-corrected chi connectivity index (χ0v) is 13.4. The molecule has 0 radical (unpaired) electrons. The molecule has 0 aliphatic heterocycles. The molecule has 1 unspecified atom stereocenters. The smallest absolute Gasteiger partial charge is 0.119 e. The fourth-order valence-electron chi connectivity index (χ4n) is 2.11. The van der Waals surface area contributed by atoms with E-state index in [2.05, 4.69) is 24.4 Å². The summed E-state index contributed by atoms with van der Waals surface area (Å²) in [4.78, 5) is 1.16. The monoisotopic (exact) mass is 309 g/mol. The summed E-state index contributed by atoms with van der Waals surface area (Å²) >= 11 is 7.99. The normalized spacial score (nSPS) is 12.3. The van der Waals surface area contributed by atoms with Crippen molar-refractivity contribution in [3.63, 3.8) is 0 Å². The van der Waals surface area contributed by atoms with E-state index in [1.165, 1.54) is 5.56 Å². The van der Waals surface area contributed by atoms with E-state index in [0.29, 0.717) is 6.61 Å². The molecule has 1 aromatic carbocycles. The van der Waals surface area contributed by atoms with Crippen LogP contribution in [0.1, 0.15) is 36.8 Å². The van der Waals surface area contributed by atoms with E-state index in [-0.39, 0.29) is 6.04 Å². The fraction of sp³-hybridized carbons (Fsp3) is 0.375. The lowest BCUT2D eigenvalue weighted by atomic mass is 10.0. The Bertz CT molecular complexity index is 541. The predicted molar refractivity (Wildman–Crippen MR) is 87.1 cm³/mol. The maximum atomic E-state index is 6.30. The summed E-state index contributed by atoms with van der Waals surface area (Å²) in [6.07, 6.45) is 1.09. The van der Waals surface area contributed by atoms with Crippen molar-refractivity contribution < 1.29 is 4.74 Å². The van der Waals surface area contributed by atoms with Crippen molar-refractivity contribution in [2.75, 3.05) is 13.2 Å². The van der Waals surface area contributed by atoms with Crippen molar-refractivity contribution in [1.29, 1.82) is 0 Å². The van der Waals surface area contributed by atoms with Gasteiger partial charge in [0.2, 0.25) is 0 Å². The van der Waals surface area contributed by atoms with Crippen molar-refractivity contribution in [2.45, 2.75) is 26.3 Å². The van der Waals surface area contributed by atoms with Crippen molar-refractivity contribution in [1.82, 2.24) is 5.32 Å². The molecule has 0 saturated heterocycles. The zero-order chi connectivity index (χ0) is 14.4. The van der Waals surface area contributed by atoms with Gasteiger partial charge in [0.15, 0.2) is 0 Å². The van der Waals surface area contributed by atoms with Crippen LogP contribution in [0.25, 0.3) is 0 Å². The second kappa shape index (κ2) is 7.67. The number of rotatable bonds is 7. The van der Waals surface area contributed by atoms with Crippen LogP contribution in [0.15, 0.2) is 35.7 Å². The maximum absolute atomic E-state index is 6.30. The van der Waals surface area contributed by atoms with Crippen molar-refractivity contribution in [2.24, 2.45) is 0 Å². The molecule has 2 rings (SSSR count). The first-order chi connectivity index (χ1) is 9.76. The molecule has 0 aliphatic rings. The predicted octanol–water partition coefficient (Wildman–Crippen LogP) is 4.89. The van der Waals surface area contributed by atoms with Crippen molar-refractivity contribution in [3.05, 3.63) is 51.2 Å². The Morgan fingerprint density at radius 3 is 2.80 bits per heavy atom. The van der Waals surface area contributed by atoms with Gasteiger partial charge in [0, 0.05) is 4.88 Å². The fourth-order valence-corrected chi connectivity index (χ4v) is 3.38. The third kappa shape index (κ3) is 3.75. The number of hydrogen-bond acceptors (Lipinski definition) is 3. The Hall–Kier alpha value is -1.03. The molecule has 0 aliphatic carbocycles. The van der Waals surface area contributed by atoms with Gasteiger partial charge in [-0.25, -0.2) is 0 Å². The molecule has 2 aromatic rings. The van der Waals surface area contributed by atoms with Gasteiger partial charge in [0.05, 0.1) is 17.7 Å². The van der Waals surface area contributed by atoms with E-state index in [9.17, 15) is 0 Å². The first-order valence-corrected chi connectivity index (χ1v) is 8.21. The van der Waals surface area contributed by atoms with Crippen molar-refractivity contribution >= 4 is 22.9 Å². The molecule has 1 N–H and O–H groups in total. The highest BCUT2D eigenvalue weighted by molar-refractivity contribution is 7.10. The van der Waals surface area contributed by atoms with Crippen LogP contribution in [0.3, 0.4) is 0 Å². The molecule has 1 aromatic heterocycles. The Morgan fingerprint density at radius 1 is 1.30 bits per heavy atom. The average molecular weight is 310 g/mol. The number of hydrogen-bond donors (Lipinski definition) is 1. The number of ether oxygens (including phenoxy) is 1. The van der Waals surface area contributed by atoms with Crippen LogP contribution in [-0.4, -0.2) is 13.2 Å². The molecule has 0 fully saturated rings. The Kier molecular flexibility index (Phi) is 5.89. The zero-order valence-electron chi connectivity index (χ0n) is 11.9. The second-order valence-corrected chi connectivity index (χ2v) is 5.88. The van der Waals surface area contributed by atoms with E-state index in [1.54, 1.807) is 11.3 Å². The molecule has 0 saturated carbocycles. The maximum Gasteiger partial charge on any atom is 0.119 e. The molecule has 2 nitrogen and oxygen atoms in total. The van der Waals surface area contributed by atoms with E-state index in [4.69, 9.17) is 16.3 Å². The van der Waals surface area contributed by atoms with Crippen LogP contribution < -0.4 is 10.1 Å². The van der Waals surface area contributed by atoms with E-state index in [0.717, 1.165) is 28.6 Å². The summed E-state index contributed by atoms with van der Waals surface area (Å²) in [7, 11) is 0. The minimum Gasteiger partial charge on any atom is -0.494 e. The highest BCUT2D eigenvalue weighted by atomic mass is 35.5. The first-order valence-electron chi connectivity index (χ1n) is 6.95. The first kappa shape index (κ1) is 15.4. The third-order valence-electron chi connectivity index (χ3n) is 3.01. The van der Waals surface area contributed by atoms with Crippen LogP contribution in [0.4, 0.5) is 0 Å². The molecule has 20 heavy (non-hydrogen) atoms. The van der Waals surface area contributed by atoms with Gasteiger partial charge in [0.1, 0.15) is 5.75 Å². The third-order valence-corrected chi connectivity index (χ3v) is 4.43. The van der Waals surface area contributed by atoms with Crippen LogP contribution in [0, 0.1) is 0 Å². The Labute approximate surface area is 129 Å². The second-order valence-electron chi connectivity index (χ2n) is 4.53. The van der Waals surface area contributed by atoms with Gasteiger partial charge in [-0.2, -0.15) is 0 Å². The molecule has 1 heterocycles. The van der Waals surface area contributed by atoms with Crippen LogP contribution >= 0.6 is 22.9 Å². The van der Waals surface area contributed by atoms with Gasteiger partial charge in [-0.15, -0.1) is 11.3 Å². The summed E-state index contributed by atoms with van der Waals surface area (Å²) in [6.45, 7) is 5.79. The summed E-state index contributed by atoms with van der Waals surface area (Å²) < 4.78 is 5.59. The van der Waals surface area contributed by atoms with E-state index in [1.807, 2.05) is 30.5 Å². The summed E-state index contributed by atoms with van der Waals surface area (Å²) in [5, 5.41) is 6.43. The molecule has 108 valence electrons. The Balaban J connectivity index is 2.31. The molecular formula is C16H20ClNOS. The summed E-state index contributed by atoms with van der Waals surface area (Å²) in [6, 6.07) is 10.3. The highest BCUT2D eigenvalue weighted by Gasteiger charge is 2.18. The topological polar surface area (TPSA) is 21.3 Å². The highest BCUT2D eigenvalue weighted by Crippen LogP contribution is 2.34. The lowest BCUT2D eigenvalue weighted by molar-refractivity contribution is 0.339. The number of halogens is 1. The SMILES string of the molecule is CCCNC(c1cccc(OCC)c1)c1sccc1Cl. The summed E-state index contributed by atoms with van der Waals surface area (Å²) in [5.41, 5.74) is 1.19. The van der Waals surface area contributed by atoms with Gasteiger partial charge in [-0.1, -0.05) is 30.7 Å². The van der Waals surface area contributed by atoms with Crippen LogP contribution in [0.5, 0.6) is 5.75 Å². The van der Waals surface area contributed by atoms with Crippen LogP contribution in [0.2, 0.25) is 5.02 Å². The molecule has 1 atom stereocenters. The van der Waals surface area contributed by atoms with Crippen molar-refractivity contribution in [3.8, 4) is 5.75 Å². The van der Waals surface area contributed by atoms with E-state index >= 15 is 0 Å².